The molecule has 0 aromatic heterocycles. The average molecular weight is 279 g/mol. The van der Waals surface area contributed by atoms with Gasteiger partial charge in [0.2, 0.25) is 5.91 Å². The van der Waals surface area contributed by atoms with Crippen molar-refractivity contribution in [3.05, 3.63) is 0 Å². The van der Waals surface area contributed by atoms with Crippen LogP contribution in [0.5, 0.6) is 0 Å². The maximum atomic E-state index is 12.1. The molecule has 2 saturated heterocycles. The zero-order valence-corrected chi connectivity index (χ0v) is 12.9. The standard InChI is InChI=1S/C16H29N3O/c1-11(19(2)15-5-6-15)10-17-16(20)9-12-7-13-3-4-14(8-12)18-13/h11-15,18H,3-10H2,1-2H3,(H,17,20). The number of amides is 1. The van der Waals surface area contributed by atoms with Crippen molar-refractivity contribution in [2.45, 2.75) is 76.0 Å². The van der Waals surface area contributed by atoms with E-state index in [-0.39, 0.29) is 5.91 Å². The average Bonchev–Trinajstić information content (AvgIpc) is 3.21. The van der Waals surface area contributed by atoms with E-state index < -0.39 is 0 Å². The Morgan fingerprint density at radius 1 is 1.25 bits per heavy atom. The molecule has 2 heterocycles. The summed E-state index contributed by atoms with van der Waals surface area (Å²) in [7, 11) is 2.18. The Morgan fingerprint density at radius 3 is 2.50 bits per heavy atom. The molecule has 2 N–H and O–H groups in total. The van der Waals surface area contributed by atoms with Crippen molar-refractivity contribution in [1.82, 2.24) is 15.5 Å². The Morgan fingerprint density at radius 2 is 1.90 bits per heavy atom. The molecule has 4 heteroatoms. The minimum Gasteiger partial charge on any atom is -0.355 e. The lowest BCUT2D eigenvalue weighted by Gasteiger charge is -2.29. The minimum absolute atomic E-state index is 0.257. The number of carbonyl (C=O) groups is 1. The van der Waals surface area contributed by atoms with E-state index in [1.165, 1.54) is 38.5 Å². The number of hydrogen-bond acceptors (Lipinski definition) is 3. The topological polar surface area (TPSA) is 44.4 Å². The van der Waals surface area contributed by atoms with Crippen LogP contribution in [0.2, 0.25) is 0 Å². The first-order valence-corrected chi connectivity index (χ1v) is 8.36. The first-order chi connectivity index (χ1) is 9.61. The maximum absolute atomic E-state index is 12.1. The molecule has 0 radical (unpaired) electrons. The van der Waals surface area contributed by atoms with E-state index in [4.69, 9.17) is 0 Å². The lowest BCUT2D eigenvalue weighted by Crippen LogP contribution is -2.43. The van der Waals surface area contributed by atoms with Gasteiger partial charge in [-0.05, 0) is 58.4 Å². The summed E-state index contributed by atoms with van der Waals surface area (Å²) >= 11 is 0. The molecule has 4 nitrogen and oxygen atoms in total. The van der Waals surface area contributed by atoms with Gasteiger partial charge in [-0.1, -0.05) is 0 Å². The highest BCUT2D eigenvalue weighted by Gasteiger charge is 2.34. The third-order valence-corrected chi connectivity index (χ3v) is 5.46. The maximum Gasteiger partial charge on any atom is 0.220 e. The molecule has 3 atom stereocenters. The molecule has 3 fully saturated rings. The van der Waals surface area contributed by atoms with Gasteiger partial charge in [0.25, 0.3) is 0 Å². The van der Waals surface area contributed by atoms with Crippen LogP contribution in [0.25, 0.3) is 0 Å². The second-order valence-corrected chi connectivity index (χ2v) is 7.23. The molecule has 114 valence electrons. The highest BCUT2D eigenvalue weighted by molar-refractivity contribution is 5.76. The van der Waals surface area contributed by atoms with Gasteiger partial charge in [-0.3, -0.25) is 9.69 Å². The van der Waals surface area contributed by atoms with Crippen LogP contribution in [0.4, 0.5) is 0 Å². The van der Waals surface area contributed by atoms with E-state index in [2.05, 4.69) is 29.5 Å². The van der Waals surface area contributed by atoms with Crippen LogP contribution in [0.3, 0.4) is 0 Å². The van der Waals surface area contributed by atoms with Crippen LogP contribution in [-0.4, -0.2) is 48.6 Å². The predicted octanol–water partition coefficient (Wildman–Crippen LogP) is 1.51. The van der Waals surface area contributed by atoms with Crippen molar-refractivity contribution in [2.75, 3.05) is 13.6 Å². The molecule has 1 amide bonds. The summed E-state index contributed by atoms with van der Waals surface area (Å²) in [4.78, 5) is 14.5. The fourth-order valence-corrected chi connectivity index (χ4v) is 3.92. The van der Waals surface area contributed by atoms with Crippen LogP contribution >= 0.6 is 0 Å². The third-order valence-electron chi connectivity index (χ3n) is 5.46. The van der Waals surface area contributed by atoms with E-state index in [9.17, 15) is 4.79 Å². The molecule has 0 aromatic rings. The van der Waals surface area contributed by atoms with E-state index in [1.54, 1.807) is 0 Å². The van der Waals surface area contributed by atoms with Crippen molar-refractivity contribution in [1.29, 1.82) is 0 Å². The number of nitrogens with zero attached hydrogens (tertiary/aromatic N) is 1. The van der Waals surface area contributed by atoms with Crippen molar-refractivity contribution in [3.63, 3.8) is 0 Å². The summed E-state index contributed by atoms with van der Waals surface area (Å²) in [6.45, 7) is 3.01. The molecular weight excluding hydrogens is 250 g/mol. The van der Waals surface area contributed by atoms with Crippen molar-refractivity contribution in [2.24, 2.45) is 5.92 Å². The molecule has 3 rings (SSSR count). The van der Waals surface area contributed by atoms with Crippen LogP contribution in [0.1, 0.15) is 51.9 Å². The molecule has 3 unspecified atom stereocenters. The normalized spacial score (nSPS) is 34.2. The van der Waals surface area contributed by atoms with Gasteiger partial charge >= 0.3 is 0 Å². The second-order valence-electron chi connectivity index (χ2n) is 7.23. The summed E-state index contributed by atoms with van der Waals surface area (Å²) < 4.78 is 0. The molecule has 2 aliphatic heterocycles. The zero-order valence-electron chi connectivity index (χ0n) is 12.9. The van der Waals surface area contributed by atoms with Gasteiger partial charge < -0.3 is 10.6 Å². The van der Waals surface area contributed by atoms with Gasteiger partial charge in [0.05, 0.1) is 0 Å². The van der Waals surface area contributed by atoms with E-state index >= 15 is 0 Å². The van der Waals surface area contributed by atoms with Crippen LogP contribution in [0, 0.1) is 5.92 Å². The van der Waals surface area contributed by atoms with Gasteiger partial charge in [-0.25, -0.2) is 0 Å². The number of likely N-dealkylation sites (N-methyl/N-ethyl adjacent to an activating group) is 1. The summed E-state index contributed by atoms with van der Waals surface area (Å²) in [5, 5.41) is 6.78. The molecule has 2 bridgehead atoms. The molecule has 3 aliphatic rings. The highest BCUT2D eigenvalue weighted by atomic mass is 16.1. The summed E-state index contributed by atoms with van der Waals surface area (Å²) in [5.41, 5.74) is 0. The summed E-state index contributed by atoms with van der Waals surface area (Å²) in [6, 6.07) is 2.59. The Balaban J connectivity index is 1.36. The van der Waals surface area contributed by atoms with Crippen LogP contribution in [-0.2, 0) is 4.79 Å². The van der Waals surface area contributed by atoms with Gasteiger partial charge in [-0.2, -0.15) is 0 Å². The summed E-state index contributed by atoms with van der Waals surface area (Å²) in [5.74, 6) is 0.859. The fraction of sp³-hybridized carbons (Fsp3) is 0.938. The molecule has 20 heavy (non-hydrogen) atoms. The van der Waals surface area contributed by atoms with Crippen LogP contribution in [0.15, 0.2) is 0 Å². The largest absolute Gasteiger partial charge is 0.355 e. The Kier molecular flexibility index (Phi) is 4.32. The number of piperidine rings is 1. The number of carbonyl (C=O) groups excluding carboxylic acids is 1. The number of hydrogen-bond donors (Lipinski definition) is 2. The Labute approximate surface area is 122 Å². The monoisotopic (exact) mass is 279 g/mol. The van der Waals surface area contributed by atoms with Crippen molar-refractivity contribution < 1.29 is 4.79 Å². The number of rotatable bonds is 6. The lowest BCUT2D eigenvalue weighted by molar-refractivity contribution is -0.122. The molecule has 0 spiro atoms. The molecule has 1 aliphatic carbocycles. The van der Waals surface area contributed by atoms with Gasteiger partial charge in [-0.15, -0.1) is 0 Å². The van der Waals surface area contributed by atoms with Gasteiger partial charge in [0, 0.05) is 37.1 Å². The number of fused-ring (bicyclic) bond motifs is 2. The molecule has 1 saturated carbocycles. The smallest absolute Gasteiger partial charge is 0.220 e. The van der Waals surface area contributed by atoms with E-state index in [0.717, 1.165) is 19.0 Å². The van der Waals surface area contributed by atoms with Gasteiger partial charge in [0.15, 0.2) is 0 Å². The van der Waals surface area contributed by atoms with Crippen LogP contribution < -0.4 is 10.6 Å². The number of nitrogens with one attached hydrogen (secondary N) is 2. The van der Waals surface area contributed by atoms with E-state index in [0.29, 0.717) is 24.0 Å². The fourth-order valence-electron chi connectivity index (χ4n) is 3.92. The molecular formula is C16H29N3O. The molecule has 0 aromatic carbocycles. The quantitative estimate of drug-likeness (QED) is 0.774. The first kappa shape index (κ1) is 14.3. The van der Waals surface area contributed by atoms with E-state index in [1.807, 2.05) is 0 Å². The highest BCUT2D eigenvalue weighted by Crippen LogP contribution is 2.32. The minimum atomic E-state index is 0.257. The third kappa shape index (κ3) is 3.53. The Hall–Kier alpha value is -0.610. The SMILES string of the molecule is CC(CNC(=O)CC1CC2CCC(C1)N2)N(C)C1CC1. The first-order valence-electron chi connectivity index (χ1n) is 8.36. The van der Waals surface area contributed by atoms with Crippen molar-refractivity contribution in [3.8, 4) is 0 Å². The van der Waals surface area contributed by atoms with Gasteiger partial charge in [0.1, 0.15) is 0 Å². The lowest BCUT2D eigenvalue weighted by atomic mass is 9.89. The second kappa shape index (κ2) is 6.02. The zero-order chi connectivity index (χ0) is 14.1. The summed E-state index contributed by atoms with van der Waals surface area (Å²) in [6.07, 6.45) is 8.40. The Bertz CT molecular complexity index is 344. The predicted molar refractivity (Wildman–Crippen MR) is 80.5 cm³/mol. The van der Waals surface area contributed by atoms with Crippen molar-refractivity contribution >= 4 is 5.91 Å².